The van der Waals surface area contributed by atoms with E-state index in [1.54, 1.807) is 0 Å². The fraction of sp³-hybridized carbons (Fsp3) is 0.0588. The van der Waals surface area contributed by atoms with Crippen LogP contribution >= 0.6 is 0 Å². The molecule has 0 aromatic heterocycles. The summed E-state index contributed by atoms with van der Waals surface area (Å²) in [6, 6.07) is 91.4. The summed E-state index contributed by atoms with van der Waals surface area (Å²) in [6.45, 7) is 7.15. The molecule has 332 valence electrons. The molecule has 2 nitrogen and oxygen atoms in total. The van der Waals surface area contributed by atoms with Crippen molar-refractivity contribution in [2.24, 2.45) is 0 Å². The predicted molar refractivity (Wildman–Crippen MR) is 299 cm³/mol. The molecule has 0 bridgehead atoms. The third kappa shape index (κ3) is 6.86. The van der Waals surface area contributed by atoms with E-state index in [1.807, 2.05) is 0 Å². The summed E-state index contributed by atoms with van der Waals surface area (Å²) in [5, 5.41) is 10.2. The van der Waals surface area contributed by atoms with Crippen molar-refractivity contribution in [1.82, 2.24) is 0 Å². The van der Waals surface area contributed by atoms with Crippen molar-refractivity contribution < 1.29 is 0 Å². The van der Waals surface area contributed by atoms with E-state index in [0.717, 1.165) is 34.1 Å². The number of fused-ring (bicyclic) bond motifs is 6. The molecule has 0 fully saturated rings. The number of aryl methyl sites for hydroxylation is 1. The smallest absolute Gasteiger partial charge is 0.0468 e. The molecule has 0 amide bonds. The van der Waals surface area contributed by atoms with Crippen molar-refractivity contribution in [1.29, 1.82) is 0 Å². The lowest BCUT2D eigenvalue weighted by Crippen LogP contribution is -2.24. The van der Waals surface area contributed by atoms with Gasteiger partial charge in [-0.2, -0.15) is 0 Å². The van der Waals surface area contributed by atoms with E-state index in [9.17, 15) is 0 Å². The Balaban J connectivity index is 0.858. The number of benzene rings is 12. The molecule has 0 unspecified atom stereocenters. The Bertz CT molecular complexity index is 3960. The van der Waals surface area contributed by atoms with Crippen LogP contribution in [0, 0.1) is 6.92 Å². The second-order valence-corrected chi connectivity index (χ2v) is 19.4. The molecule has 0 radical (unpaired) electrons. The highest BCUT2D eigenvalue weighted by atomic mass is 15.1. The van der Waals surface area contributed by atoms with Crippen LogP contribution in [-0.2, 0) is 5.41 Å². The first-order valence-corrected chi connectivity index (χ1v) is 24.4. The van der Waals surface area contributed by atoms with Crippen LogP contribution in [0.4, 0.5) is 34.1 Å². The standard InChI is InChI=1S/C68H50N2/c1-45-60-39-31-52(48-25-33-56(34-26-48)69(54-19-6-4-7-20-54)58-37-29-46-15-10-12-17-50(46)41-58)43-63(60)61-23-14-24-64-67(61)66(45)62-40-32-53(44-65(62)68(64,2)3)49-27-35-57(36-28-49)70(55-21-8-5-9-22-55)59-38-30-47-16-11-13-18-51(47)42-59/h4-44H,1-3H3. The molecule has 0 saturated carbocycles. The van der Waals surface area contributed by atoms with Gasteiger partial charge in [-0.1, -0.05) is 178 Å². The van der Waals surface area contributed by atoms with Gasteiger partial charge in [0.05, 0.1) is 0 Å². The van der Waals surface area contributed by atoms with Crippen molar-refractivity contribution in [2.45, 2.75) is 26.2 Å². The Hall–Kier alpha value is -8.72. The van der Waals surface area contributed by atoms with Crippen LogP contribution in [0.15, 0.2) is 249 Å². The van der Waals surface area contributed by atoms with Crippen molar-refractivity contribution in [3.63, 3.8) is 0 Å². The van der Waals surface area contributed by atoms with E-state index in [0.29, 0.717) is 0 Å². The fourth-order valence-corrected chi connectivity index (χ4v) is 11.4. The highest BCUT2D eigenvalue weighted by Crippen LogP contribution is 2.53. The largest absolute Gasteiger partial charge is 0.310 e. The van der Waals surface area contributed by atoms with Crippen LogP contribution in [0.2, 0.25) is 0 Å². The molecular formula is C68H50N2. The fourth-order valence-electron chi connectivity index (χ4n) is 11.4. The molecule has 0 aliphatic heterocycles. The van der Waals surface area contributed by atoms with Gasteiger partial charge in [0, 0.05) is 39.5 Å². The summed E-state index contributed by atoms with van der Waals surface area (Å²) in [6.07, 6.45) is 0. The molecule has 2 heteroatoms. The van der Waals surface area contributed by atoms with Crippen LogP contribution in [0.25, 0.3) is 76.5 Å². The zero-order chi connectivity index (χ0) is 46.9. The first-order chi connectivity index (χ1) is 34.4. The van der Waals surface area contributed by atoms with Crippen molar-refractivity contribution in [2.75, 3.05) is 9.80 Å². The van der Waals surface area contributed by atoms with Gasteiger partial charge >= 0.3 is 0 Å². The van der Waals surface area contributed by atoms with Gasteiger partial charge in [0.25, 0.3) is 0 Å². The second kappa shape index (κ2) is 16.5. The molecule has 0 N–H and O–H groups in total. The molecule has 0 saturated heterocycles. The zero-order valence-electron chi connectivity index (χ0n) is 39.6. The number of para-hydroxylation sites is 2. The molecule has 0 atom stereocenters. The summed E-state index contributed by atoms with van der Waals surface area (Å²) < 4.78 is 0. The van der Waals surface area contributed by atoms with Gasteiger partial charge < -0.3 is 9.80 Å². The topological polar surface area (TPSA) is 6.48 Å². The molecule has 70 heavy (non-hydrogen) atoms. The van der Waals surface area contributed by atoms with Crippen LogP contribution in [0.5, 0.6) is 0 Å². The Morgan fingerprint density at radius 1 is 0.300 bits per heavy atom. The van der Waals surface area contributed by atoms with Crippen molar-refractivity contribution in [3.05, 3.63) is 265 Å². The molecule has 1 aliphatic carbocycles. The Morgan fingerprint density at radius 3 is 1.31 bits per heavy atom. The Kier molecular flexibility index (Phi) is 9.78. The molecule has 13 rings (SSSR count). The molecule has 0 heterocycles. The summed E-state index contributed by atoms with van der Waals surface area (Å²) in [4.78, 5) is 4.70. The minimum atomic E-state index is -0.221. The predicted octanol–water partition coefficient (Wildman–Crippen LogP) is 19.2. The molecule has 1 aliphatic rings. The summed E-state index contributed by atoms with van der Waals surface area (Å²) in [7, 11) is 0. The van der Waals surface area contributed by atoms with Crippen LogP contribution < -0.4 is 9.80 Å². The maximum absolute atomic E-state index is 2.46. The number of hydrogen-bond acceptors (Lipinski definition) is 2. The first kappa shape index (κ1) is 41.5. The van der Waals surface area contributed by atoms with E-state index in [2.05, 4.69) is 279 Å². The average Bonchev–Trinajstić information content (AvgIpc) is 3.42. The van der Waals surface area contributed by atoms with Crippen molar-refractivity contribution in [3.8, 4) is 33.4 Å². The minimum Gasteiger partial charge on any atom is -0.310 e. The number of rotatable bonds is 8. The Labute approximate surface area is 410 Å². The van der Waals surface area contributed by atoms with E-state index in [-0.39, 0.29) is 5.41 Å². The number of hydrogen-bond donors (Lipinski definition) is 0. The summed E-state index contributed by atoms with van der Waals surface area (Å²) in [5.41, 5.74) is 18.2. The van der Waals surface area contributed by atoms with Crippen LogP contribution in [-0.4, -0.2) is 0 Å². The van der Waals surface area contributed by atoms with Gasteiger partial charge in [-0.25, -0.2) is 0 Å². The highest BCUT2D eigenvalue weighted by Gasteiger charge is 2.35. The first-order valence-electron chi connectivity index (χ1n) is 24.4. The normalized spacial score (nSPS) is 12.6. The lowest BCUT2D eigenvalue weighted by atomic mass is 9.66. The lowest BCUT2D eigenvalue weighted by molar-refractivity contribution is 0.645. The molecular weight excluding hydrogens is 845 g/mol. The monoisotopic (exact) mass is 894 g/mol. The van der Waals surface area contributed by atoms with Gasteiger partial charge in [-0.15, -0.1) is 0 Å². The lowest BCUT2D eigenvalue weighted by Gasteiger charge is -2.37. The minimum absolute atomic E-state index is 0.221. The van der Waals surface area contributed by atoms with Crippen molar-refractivity contribution >= 4 is 77.2 Å². The van der Waals surface area contributed by atoms with Gasteiger partial charge in [-0.05, 0) is 185 Å². The van der Waals surface area contributed by atoms with Gasteiger partial charge in [0.15, 0.2) is 0 Å². The van der Waals surface area contributed by atoms with E-state index in [4.69, 9.17) is 0 Å². The second-order valence-electron chi connectivity index (χ2n) is 19.4. The van der Waals surface area contributed by atoms with Gasteiger partial charge in [-0.3, -0.25) is 0 Å². The van der Waals surface area contributed by atoms with Gasteiger partial charge in [0.1, 0.15) is 0 Å². The van der Waals surface area contributed by atoms with E-state index in [1.165, 1.54) is 93.2 Å². The highest BCUT2D eigenvalue weighted by molar-refractivity contribution is 6.19. The molecule has 12 aromatic rings. The quantitative estimate of drug-likeness (QED) is 0.140. The van der Waals surface area contributed by atoms with Crippen LogP contribution in [0.1, 0.15) is 30.5 Å². The van der Waals surface area contributed by atoms with Gasteiger partial charge in [0.2, 0.25) is 0 Å². The number of anilines is 6. The number of nitrogens with zero attached hydrogens (tertiary/aromatic N) is 2. The van der Waals surface area contributed by atoms with E-state index >= 15 is 0 Å². The maximum Gasteiger partial charge on any atom is 0.0468 e. The summed E-state index contributed by atoms with van der Waals surface area (Å²) in [5.74, 6) is 0. The third-order valence-electron chi connectivity index (χ3n) is 15.0. The summed E-state index contributed by atoms with van der Waals surface area (Å²) >= 11 is 0. The average molecular weight is 895 g/mol. The molecule has 12 aromatic carbocycles. The maximum atomic E-state index is 2.46. The SMILES string of the molecule is Cc1c2c3c(cccc3c3cc(-c4ccc(N(c5ccccc5)c5ccc6ccccc6c5)cc4)ccc13)C(C)(C)c1cc(-c3ccc(N(c4ccccc4)c4ccc5ccccc5c4)cc3)ccc1-2. The van der Waals surface area contributed by atoms with Crippen LogP contribution in [0.3, 0.4) is 0 Å². The molecule has 0 spiro atoms. The third-order valence-corrected chi connectivity index (χ3v) is 15.0. The Morgan fingerprint density at radius 2 is 0.757 bits per heavy atom. The van der Waals surface area contributed by atoms with E-state index < -0.39 is 0 Å². The zero-order valence-corrected chi connectivity index (χ0v) is 39.6.